The van der Waals surface area contributed by atoms with E-state index in [9.17, 15) is 18.0 Å². The van der Waals surface area contributed by atoms with E-state index in [1.54, 1.807) is 4.90 Å². The number of hydrogen-bond donors (Lipinski definition) is 2. The number of carbonyl (C=O) groups is 2. The van der Waals surface area contributed by atoms with Crippen molar-refractivity contribution in [1.82, 2.24) is 14.5 Å². The Morgan fingerprint density at radius 1 is 1.23 bits per heavy atom. The van der Waals surface area contributed by atoms with Crippen molar-refractivity contribution in [2.75, 3.05) is 39.3 Å². The summed E-state index contributed by atoms with van der Waals surface area (Å²) in [6, 6.07) is 2.01. The van der Waals surface area contributed by atoms with Gasteiger partial charge in [-0.15, -0.1) is 0 Å². The topological polar surface area (TPSA) is 135 Å². The van der Waals surface area contributed by atoms with E-state index >= 15 is 0 Å². The van der Waals surface area contributed by atoms with E-state index in [0.29, 0.717) is 13.2 Å². The summed E-state index contributed by atoms with van der Waals surface area (Å²) >= 11 is 0. The Kier molecular flexibility index (Phi) is 5.32. The van der Waals surface area contributed by atoms with E-state index in [1.807, 2.05) is 6.92 Å². The number of nitrogens with one attached hydrogen (secondary N) is 1. The van der Waals surface area contributed by atoms with Gasteiger partial charge in [-0.1, -0.05) is 0 Å². The highest BCUT2D eigenvalue weighted by atomic mass is 32.2. The first-order valence-corrected chi connectivity index (χ1v) is 9.78. The molecule has 2 saturated heterocycles. The molecule has 0 bridgehead atoms. The molecule has 3 heterocycles. The third kappa shape index (κ3) is 3.61. The molecule has 2 aliphatic heterocycles. The molecule has 2 amide bonds. The lowest BCUT2D eigenvalue weighted by Gasteiger charge is -2.38. The van der Waals surface area contributed by atoms with Crippen molar-refractivity contribution in [2.45, 2.75) is 24.2 Å². The summed E-state index contributed by atoms with van der Waals surface area (Å²) in [7, 11) is -3.88. The van der Waals surface area contributed by atoms with Crippen molar-refractivity contribution in [3.63, 3.8) is 0 Å². The fraction of sp³-hybridized carbons (Fsp3) is 0.600. The second-order valence-electron chi connectivity index (χ2n) is 6.22. The standard InChI is InChI=1S/C15H22N4O6S/c1-10-13(17-4-9-24-10)15(21)18-5-7-19(8-6-18)26(22,23)12-3-2-11(25-12)14(16)20/h2-3,10,13,17H,4-9H2,1H3,(H2,16,20)/t10-,13+/m1/s1. The number of piperazine rings is 1. The van der Waals surface area contributed by atoms with Crippen LogP contribution in [0, 0.1) is 0 Å². The monoisotopic (exact) mass is 386 g/mol. The first kappa shape index (κ1) is 18.8. The maximum absolute atomic E-state index is 12.6. The van der Waals surface area contributed by atoms with Gasteiger partial charge in [-0.05, 0) is 19.1 Å². The Morgan fingerprint density at radius 2 is 1.92 bits per heavy atom. The van der Waals surface area contributed by atoms with Crippen LogP contribution in [0.5, 0.6) is 0 Å². The summed E-state index contributed by atoms with van der Waals surface area (Å²) in [4.78, 5) is 25.3. The summed E-state index contributed by atoms with van der Waals surface area (Å²) in [5, 5.41) is 2.81. The average molecular weight is 386 g/mol. The van der Waals surface area contributed by atoms with Gasteiger partial charge >= 0.3 is 0 Å². The number of nitrogens with two attached hydrogens (primary N) is 1. The first-order valence-electron chi connectivity index (χ1n) is 8.34. The Balaban J connectivity index is 1.63. The van der Waals surface area contributed by atoms with Gasteiger partial charge in [0, 0.05) is 32.7 Å². The predicted octanol–water partition coefficient (Wildman–Crippen LogP) is -1.41. The number of carbonyl (C=O) groups excluding carboxylic acids is 2. The normalized spacial score (nSPS) is 25.2. The molecule has 0 radical (unpaired) electrons. The van der Waals surface area contributed by atoms with Crippen molar-refractivity contribution in [3.8, 4) is 0 Å². The number of amides is 2. The van der Waals surface area contributed by atoms with Gasteiger partial charge in [0.25, 0.3) is 15.9 Å². The van der Waals surface area contributed by atoms with Crippen molar-refractivity contribution in [2.24, 2.45) is 5.73 Å². The molecule has 26 heavy (non-hydrogen) atoms. The minimum absolute atomic E-state index is 0.0942. The number of hydrogen-bond acceptors (Lipinski definition) is 7. The molecule has 1 aromatic heterocycles. The summed E-state index contributed by atoms with van der Waals surface area (Å²) in [5.74, 6) is -1.14. The fourth-order valence-electron chi connectivity index (χ4n) is 3.07. The molecule has 10 nitrogen and oxygen atoms in total. The number of nitrogens with zero attached hydrogens (tertiary/aromatic N) is 2. The Bertz CT molecular complexity index is 784. The van der Waals surface area contributed by atoms with E-state index in [0.717, 1.165) is 0 Å². The molecule has 11 heteroatoms. The fourth-order valence-corrected chi connectivity index (χ4v) is 4.41. The quantitative estimate of drug-likeness (QED) is 0.649. The largest absolute Gasteiger partial charge is 0.438 e. The summed E-state index contributed by atoms with van der Waals surface area (Å²) in [6.07, 6.45) is -0.228. The van der Waals surface area contributed by atoms with Crippen LogP contribution >= 0.6 is 0 Å². The number of sulfonamides is 1. The second kappa shape index (κ2) is 7.35. The first-order chi connectivity index (χ1) is 12.3. The van der Waals surface area contributed by atoms with Crippen LogP contribution in [-0.4, -0.2) is 80.9 Å². The third-order valence-electron chi connectivity index (χ3n) is 4.55. The lowest BCUT2D eigenvalue weighted by molar-refractivity contribution is -0.140. The number of furan rings is 1. The van der Waals surface area contributed by atoms with Crippen LogP contribution in [0.2, 0.25) is 0 Å². The molecule has 0 spiro atoms. The van der Waals surface area contributed by atoms with Crippen LogP contribution in [0.15, 0.2) is 21.6 Å². The van der Waals surface area contributed by atoms with E-state index in [2.05, 4.69) is 5.32 Å². The number of rotatable bonds is 4. The van der Waals surface area contributed by atoms with Gasteiger partial charge in [-0.25, -0.2) is 8.42 Å². The van der Waals surface area contributed by atoms with E-state index in [4.69, 9.17) is 14.9 Å². The van der Waals surface area contributed by atoms with Crippen molar-refractivity contribution in [1.29, 1.82) is 0 Å². The zero-order valence-corrected chi connectivity index (χ0v) is 15.2. The molecule has 0 aromatic carbocycles. The summed E-state index contributed by atoms with van der Waals surface area (Å²) in [5.41, 5.74) is 5.08. The highest BCUT2D eigenvalue weighted by Crippen LogP contribution is 2.20. The predicted molar refractivity (Wildman–Crippen MR) is 89.8 cm³/mol. The number of morpholine rings is 1. The smallest absolute Gasteiger partial charge is 0.284 e. The third-order valence-corrected chi connectivity index (χ3v) is 6.32. The van der Waals surface area contributed by atoms with Crippen molar-refractivity contribution >= 4 is 21.8 Å². The Morgan fingerprint density at radius 3 is 2.50 bits per heavy atom. The maximum Gasteiger partial charge on any atom is 0.284 e. The van der Waals surface area contributed by atoms with Gasteiger partial charge < -0.3 is 25.1 Å². The van der Waals surface area contributed by atoms with Gasteiger partial charge in [0.2, 0.25) is 11.0 Å². The highest BCUT2D eigenvalue weighted by molar-refractivity contribution is 7.89. The molecule has 2 aliphatic rings. The number of primary amides is 1. The minimum Gasteiger partial charge on any atom is -0.438 e. The summed E-state index contributed by atoms with van der Waals surface area (Å²) < 4.78 is 37.0. The highest BCUT2D eigenvalue weighted by Gasteiger charge is 2.36. The lowest BCUT2D eigenvalue weighted by Crippen LogP contribution is -2.60. The molecule has 0 unspecified atom stereocenters. The van der Waals surface area contributed by atoms with Gasteiger partial charge in [0.05, 0.1) is 12.7 Å². The van der Waals surface area contributed by atoms with Crippen LogP contribution in [0.25, 0.3) is 0 Å². The van der Waals surface area contributed by atoms with Crippen molar-refractivity contribution in [3.05, 3.63) is 17.9 Å². The molecule has 3 rings (SSSR count). The van der Waals surface area contributed by atoms with Gasteiger partial charge in [-0.3, -0.25) is 9.59 Å². The molecular formula is C15H22N4O6S. The molecule has 0 saturated carbocycles. The van der Waals surface area contributed by atoms with E-state index < -0.39 is 22.0 Å². The average Bonchev–Trinajstić information content (AvgIpc) is 3.13. The SMILES string of the molecule is C[C@H]1OCCN[C@@H]1C(=O)N1CCN(S(=O)(=O)c2ccc(C(N)=O)o2)CC1. The van der Waals surface area contributed by atoms with Crippen LogP contribution in [0.3, 0.4) is 0 Å². The molecule has 2 fully saturated rings. The molecule has 1 aromatic rings. The Labute approximate surface area is 151 Å². The Hall–Kier alpha value is -1.95. The molecule has 2 atom stereocenters. The van der Waals surface area contributed by atoms with Crippen LogP contribution in [0.1, 0.15) is 17.5 Å². The summed E-state index contributed by atoms with van der Waals surface area (Å²) in [6.45, 7) is 3.83. The van der Waals surface area contributed by atoms with Gasteiger partial charge in [-0.2, -0.15) is 4.31 Å². The van der Waals surface area contributed by atoms with Crippen LogP contribution in [-0.2, 0) is 19.6 Å². The van der Waals surface area contributed by atoms with Crippen LogP contribution < -0.4 is 11.1 Å². The molecule has 0 aliphatic carbocycles. The zero-order chi connectivity index (χ0) is 18.9. The van der Waals surface area contributed by atoms with Crippen LogP contribution in [0.4, 0.5) is 0 Å². The molecular weight excluding hydrogens is 364 g/mol. The number of ether oxygens (including phenoxy) is 1. The lowest BCUT2D eigenvalue weighted by atomic mass is 10.1. The molecule has 3 N–H and O–H groups in total. The van der Waals surface area contributed by atoms with Gasteiger partial charge in [0.15, 0.2) is 5.76 Å². The zero-order valence-electron chi connectivity index (χ0n) is 14.4. The van der Waals surface area contributed by atoms with E-state index in [-0.39, 0.29) is 49.0 Å². The van der Waals surface area contributed by atoms with E-state index in [1.165, 1.54) is 16.4 Å². The second-order valence-corrected chi connectivity index (χ2v) is 8.09. The van der Waals surface area contributed by atoms with Crippen molar-refractivity contribution < 1.29 is 27.2 Å². The minimum atomic E-state index is -3.88. The maximum atomic E-state index is 12.6. The molecule has 144 valence electrons. The van der Waals surface area contributed by atoms with Gasteiger partial charge in [0.1, 0.15) is 6.04 Å².